The lowest BCUT2D eigenvalue weighted by molar-refractivity contribution is -0.147. The highest BCUT2D eigenvalue weighted by Crippen LogP contribution is 2.21. The Labute approximate surface area is 166 Å². The average molecular weight is 383 g/mol. The maximum Gasteiger partial charge on any atom is 0.323 e. The fraction of sp³-hybridized carbons (Fsp3) is 0.909. The number of carbonyl (C=O) groups is 2. The van der Waals surface area contributed by atoms with Crippen molar-refractivity contribution in [3.05, 3.63) is 0 Å². The predicted octanol–water partition coefficient (Wildman–Crippen LogP) is 4.87. The SMILES string of the molecule is CCCCCCCCCCCCCCCC(=O)N1CCC(N)(C(=O)O)CC1. The number of amides is 1. The maximum atomic E-state index is 12.2. The number of rotatable bonds is 15. The molecule has 1 saturated heterocycles. The summed E-state index contributed by atoms with van der Waals surface area (Å²) in [5.74, 6) is -0.795. The first-order valence-corrected chi connectivity index (χ1v) is 11.3. The molecule has 0 radical (unpaired) electrons. The van der Waals surface area contributed by atoms with Gasteiger partial charge in [0.05, 0.1) is 0 Å². The zero-order valence-electron chi connectivity index (χ0n) is 17.5. The minimum absolute atomic E-state index is 0.158. The number of nitrogens with zero attached hydrogens (tertiary/aromatic N) is 1. The molecule has 3 N–H and O–H groups in total. The van der Waals surface area contributed by atoms with E-state index in [4.69, 9.17) is 10.8 Å². The molecule has 0 atom stereocenters. The molecule has 5 heteroatoms. The second-order valence-electron chi connectivity index (χ2n) is 8.33. The number of carbonyl (C=O) groups excluding carboxylic acids is 1. The molecular weight excluding hydrogens is 340 g/mol. The van der Waals surface area contributed by atoms with Crippen molar-refractivity contribution >= 4 is 11.9 Å². The molecule has 0 unspecified atom stereocenters. The molecule has 0 aromatic heterocycles. The molecule has 0 aliphatic carbocycles. The van der Waals surface area contributed by atoms with Gasteiger partial charge in [-0.2, -0.15) is 0 Å². The van der Waals surface area contributed by atoms with Crippen molar-refractivity contribution in [3.63, 3.8) is 0 Å². The summed E-state index contributed by atoms with van der Waals surface area (Å²) in [4.78, 5) is 25.1. The number of carboxylic acids is 1. The number of piperidine rings is 1. The summed E-state index contributed by atoms with van der Waals surface area (Å²) in [6.45, 7) is 3.20. The molecule has 1 rings (SSSR count). The summed E-state index contributed by atoms with van der Waals surface area (Å²) in [5, 5.41) is 9.13. The lowest BCUT2D eigenvalue weighted by Gasteiger charge is -2.36. The van der Waals surface area contributed by atoms with Crippen molar-refractivity contribution in [3.8, 4) is 0 Å². The standard InChI is InChI=1S/C22H42N2O3/c1-2-3-4-5-6-7-8-9-10-11-12-13-14-15-20(25)24-18-16-22(23,17-19-24)21(26)27/h2-19,23H2,1H3,(H,26,27). The van der Waals surface area contributed by atoms with Gasteiger partial charge in [-0.05, 0) is 19.3 Å². The zero-order valence-corrected chi connectivity index (χ0v) is 17.5. The van der Waals surface area contributed by atoms with E-state index < -0.39 is 11.5 Å². The Morgan fingerprint density at radius 1 is 0.815 bits per heavy atom. The zero-order chi connectivity index (χ0) is 20.0. The van der Waals surface area contributed by atoms with Gasteiger partial charge in [0.2, 0.25) is 5.91 Å². The topological polar surface area (TPSA) is 83.6 Å². The van der Waals surface area contributed by atoms with E-state index in [2.05, 4.69) is 6.92 Å². The maximum absolute atomic E-state index is 12.2. The van der Waals surface area contributed by atoms with E-state index in [1.807, 2.05) is 0 Å². The molecule has 0 bridgehead atoms. The summed E-state index contributed by atoms with van der Waals surface area (Å²) in [7, 11) is 0. The van der Waals surface area contributed by atoms with Gasteiger partial charge in [0.25, 0.3) is 0 Å². The highest BCUT2D eigenvalue weighted by Gasteiger charge is 2.38. The van der Waals surface area contributed by atoms with Gasteiger partial charge in [-0.3, -0.25) is 9.59 Å². The normalized spacial score (nSPS) is 16.4. The molecule has 1 amide bonds. The lowest BCUT2D eigenvalue weighted by atomic mass is 9.88. The summed E-state index contributed by atoms with van der Waals surface area (Å²) >= 11 is 0. The first kappa shape index (κ1) is 23.9. The van der Waals surface area contributed by atoms with Crippen molar-refractivity contribution in [2.75, 3.05) is 13.1 Å². The quantitative estimate of drug-likeness (QED) is 0.396. The minimum Gasteiger partial charge on any atom is -0.480 e. The molecule has 1 heterocycles. The van der Waals surface area contributed by atoms with Crippen LogP contribution >= 0.6 is 0 Å². The number of hydrogen-bond donors (Lipinski definition) is 2. The van der Waals surface area contributed by atoms with Gasteiger partial charge in [-0.1, -0.05) is 84.0 Å². The molecule has 158 valence electrons. The number of carboxylic acid groups (broad SMARTS) is 1. The Bertz CT molecular complexity index is 418. The van der Waals surface area contributed by atoms with Crippen LogP contribution in [0.5, 0.6) is 0 Å². The fourth-order valence-electron chi connectivity index (χ4n) is 3.82. The van der Waals surface area contributed by atoms with Crippen LogP contribution in [-0.4, -0.2) is 40.5 Å². The first-order valence-electron chi connectivity index (χ1n) is 11.3. The highest BCUT2D eigenvalue weighted by atomic mass is 16.4. The molecule has 0 spiro atoms. The largest absolute Gasteiger partial charge is 0.480 e. The van der Waals surface area contributed by atoms with Crippen LogP contribution in [0.3, 0.4) is 0 Å². The first-order chi connectivity index (χ1) is 13.0. The molecule has 27 heavy (non-hydrogen) atoms. The summed E-state index contributed by atoms with van der Waals surface area (Å²) in [6.07, 6.45) is 18.2. The number of hydrogen-bond acceptors (Lipinski definition) is 3. The van der Waals surface area contributed by atoms with Crippen LogP contribution in [0, 0.1) is 0 Å². The van der Waals surface area contributed by atoms with Crippen molar-refractivity contribution in [1.82, 2.24) is 4.90 Å². The van der Waals surface area contributed by atoms with E-state index in [1.165, 1.54) is 70.6 Å². The monoisotopic (exact) mass is 382 g/mol. The fourth-order valence-corrected chi connectivity index (χ4v) is 3.82. The van der Waals surface area contributed by atoms with Crippen LogP contribution in [0.4, 0.5) is 0 Å². The molecule has 1 fully saturated rings. The molecule has 5 nitrogen and oxygen atoms in total. The van der Waals surface area contributed by atoms with Gasteiger partial charge in [-0.25, -0.2) is 0 Å². The van der Waals surface area contributed by atoms with Crippen molar-refractivity contribution in [2.45, 2.75) is 115 Å². The Hall–Kier alpha value is -1.10. The van der Waals surface area contributed by atoms with Crippen molar-refractivity contribution in [2.24, 2.45) is 5.73 Å². The summed E-state index contributed by atoms with van der Waals surface area (Å²) in [5.41, 5.74) is 4.71. The number of unbranched alkanes of at least 4 members (excludes halogenated alkanes) is 12. The number of likely N-dealkylation sites (tertiary alicyclic amines) is 1. The average Bonchev–Trinajstić information content (AvgIpc) is 2.65. The van der Waals surface area contributed by atoms with Crippen LogP contribution in [0.25, 0.3) is 0 Å². The molecular formula is C22H42N2O3. The van der Waals surface area contributed by atoms with E-state index >= 15 is 0 Å². The van der Waals surface area contributed by atoms with Crippen molar-refractivity contribution < 1.29 is 14.7 Å². The van der Waals surface area contributed by atoms with E-state index in [-0.39, 0.29) is 5.91 Å². The summed E-state index contributed by atoms with van der Waals surface area (Å²) < 4.78 is 0. The Morgan fingerprint density at radius 2 is 1.22 bits per heavy atom. The van der Waals surface area contributed by atoms with Gasteiger partial charge < -0.3 is 15.7 Å². The van der Waals surface area contributed by atoms with Gasteiger partial charge >= 0.3 is 5.97 Å². The predicted molar refractivity (Wildman–Crippen MR) is 111 cm³/mol. The lowest BCUT2D eigenvalue weighted by Crippen LogP contribution is -2.56. The van der Waals surface area contributed by atoms with Crippen LogP contribution in [0.15, 0.2) is 0 Å². The van der Waals surface area contributed by atoms with Gasteiger partial charge in [-0.15, -0.1) is 0 Å². The van der Waals surface area contributed by atoms with Gasteiger partial charge in [0, 0.05) is 19.5 Å². The minimum atomic E-state index is -1.15. The molecule has 1 aliphatic rings. The second-order valence-corrected chi connectivity index (χ2v) is 8.33. The third-order valence-electron chi connectivity index (χ3n) is 5.93. The second kappa shape index (κ2) is 14.0. The van der Waals surface area contributed by atoms with Crippen LogP contribution in [-0.2, 0) is 9.59 Å². The van der Waals surface area contributed by atoms with Gasteiger partial charge in [0.15, 0.2) is 0 Å². The summed E-state index contributed by atoms with van der Waals surface area (Å²) in [6, 6.07) is 0. The smallest absolute Gasteiger partial charge is 0.323 e. The number of nitrogens with two attached hydrogens (primary N) is 1. The van der Waals surface area contributed by atoms with Gasteiger partial charge in [0.1, 0.15) is 5.54 Å². The molecule has 0 saturated carbocycles. The third kappa shape index (κ3) is 10.1. The van der Waals surface area contributed by atoms with Crippen LogP contribution < -0.4 is 5.73 Å². The number of aliphatic carboxylic acids is 1. The third-order valence-corrected chi connectivity index (χ3v) is 5.93. The molecule has 1 aliphatic heterocycles. The van der Waals surface area contributed by atoms with E-state index in [0.717, 1.165) is 12.8 Å². The van der Waals surface area contributed by atoms with E-state index in [1.54, 1.807) is 4.90 Å². The van der Waals surface area contributed by atoms with E-state index in [9.17, 15) is 9.59 Å². The Balaban J connectivity index is 1.91. The van der Waals surface area contributed by atoms with Crippen molar-refractivity contribution in [1.29, 1.82) is 0 Å². The highest BCUT2D eigenvalue weighted by molar-refractivity contribution is 5.80. The van der Waals surface area contributed by atoms with Crippen LogP contribution in [0.1, 0.15) is 110 Å². The van der Waals surface area contributed by atoms with E-state index in [0.29, 0.717) is 32.4 Å². The van der Waals surface area contributed by atoms with Crippen LogP contribution in [0.2, 0.25) is 0 Å². The molecule has 0 aromatic rings. The Kier molecular flexibility index (Phi) is 12.4. The Morgan fingerprint density at radius 3 is 1.63 bits per heavy atom. The molecule has 0 aromatic carbocycles.